The van der Waals surface area contributed by atoms with Gasteiger partial charge in [0.15, 0.2) is 11.9 Å². The van der Waals surface area contributed by atoms with Crippen LogP contribution in [-0.4, -0.2) is 49.4 Å². The van der Waals surface area contributed by atoms with E-state index >= 15 is 0 Å². The molecule has 0 fully saturated rings. The van der Waals surface area contributed by atoms with Gasteiger partial charge >= 0.3 is 5.97 Å². The van der Waals surface area contributed by atoms with Crippen LogP contribution < -0.4 is 5.32 Å². The zero-order valence-corrected chi connectivity index (χ0v) is 14.7. The molecular weight excluding hydrogens is 362 g/mol. The number of amidine groups is 1. The molecule has 10 heteroatoms. The number of sulfonamides is 1. The van der Waals surface area contributed by atoms with Gasteiger partial charge in [0.1, 0.15) is 11.3 Å². The van der Waals surface area contributed by atoms with Crippen LogP contribution in [0.15, 0.2) is 51.1 Å². The van der Waals surface area contributed by atoms with Gasteiger partial charge in [-0.1, -0.05) is 0 Å². The van der Waals surface area contributed by atoms with Gasteiger partial charge in [-0.05, 0) is 31.2 Å². The second-order valence-electron chi connectivity index (χ2n) is 5.66. The number of allylic oxidation sites excluding steroid dienone is 2. The molecule has 0 spiro atoms. The molecule has 1 aromatic heterocycles. The van der Waals surface area contributed by atoms with E-state index in [1.165, 1.54) is 19.3 Å². The summed E-state index contributed by atoms with van der Waals surface area (Å²) >= 11 is 0. The molecule has 0 bridgehead atoms. The fraction of sp³-hybridized carbons (Fsp3) is 0.312. The summed E-state index contributed by atoms with van der Waals surface area (Å²) in [5.74, 6) is -0.886. The normalized spacial score (nSPS) is 19.0. The van der Waals surface area contributed by atoms with E-state index in [-0.39, 0.29) is 30.3 Å². The summed E-state index contributed by atoms with van der Waals surface area (Å²) in [6, 6.07) is 3.39. The Labute approximate surface area is 150 Å². The maximum absolute atomic E-state index is 12.4. The molecule has 0 saturated heterocycles. The maximum Gasteiger partial charge on any atom is 0.342 e. The molecule has 0 radical (unpaired) electrons. The van der Waals surface area contributed by atoms with Crippen molar-refractivity contribution in [2.45, 2.75) is 19.6 Å². The van der Waals surface area contributed by atoms with Gasteiger partial charge in [0.2, 0.25) is 0 Å². The highest BCUT2D eigenvalue weighted by atomic mass is 32.2. The van der Waals surface area contributed by atoms with Crippen molar-refractivity contribution in [3.63, 3.8) is 0 Å². The van der Waals surface area contributed by atoms with Crippen molar-refractivity contribution in [3.05, 3.63) is 48.1 Å². The van der Waals surface area contributed by atoms with Crippen LogP contribution in [0.3, 0.4) is 0 Å². The van der Waals surface area contributed by atoms with Crippen LogP contribution in [-0.2, 0) is 30.9 Å². The molecule has 2 aliphatic heterocycles. The Hall–Kier alpha value is -2.88. The second-order valence-corrected chi connectivity index (χ2v) is 7.42. The van der Waals surface area contributed by atoms with E-state index in [1.54, 1.807) is 29.3 Å². The predicted molar refractivity (Wildman–Crippen MR) is 91.3 cm³/mol. The minimum Gasteiger partial charge on any atom is -0.467 e. The number of hydrogen-bond acceptors (Lipinski definition) is 7. The van der Waals surface area contributed by atoms with E-state index < -0.39 is 28.0 Å². The molecular formula is C16H17N3O6S. The molecule has 3 heterocycles. The average molecular weight is 379 g/mol. The number of nitrogens with one attached hydrogen (secondary N) is 1. The van der Waals surface area contributed by atoms with Gasteiger partial charge in [0, 0.05) is 12.7 Å². The van der Waals surface area contributed by atoms with E-state index in [2.05, 4.69) is 9.71 Å². The van der Waals surface area contributed by atoms with E-state index in [0.29, 0.717) is 5.76 Å². The van der Waals surface area contributed by atoms with Crippen molar-refractivity contribution in [3.8, 4) is 0 Å². The Kier molecular flexibility index (Phi) is 4.94. The SMILES string of the molecule is CC(OC(=O)C1=CC=CN2CCS(=O)(=O)N=C12)C(=O)NCc1ccco1. The monoisotopic (exact) mass is 379 g/mol. The highest BCUT2D eigenvalue weighted by molar-refractivity contribution is 7.90. The molecule has 9 nitrogen and oxygen atoms in total. The van der Waals surface area contributed by atoms with Gasteiger partial charge in [-0.25, -0.2) is 13.2 Å². The summed E-state index contributed by atoms with van der Waals surface area (Å²) < 4.78 is 37.3. The molecule has 0 saturated carbocycles. The molecule has 0 aromatic carbocycles. The Bertz CT molecular complexity index is 898. The van der Waals surface area contributed by atoms with Crippen LogP contribution in [0.1, 0.15) is 12.7 Å². The molecule has 1 N–H and O–H groups in total. The first-order valence-corrected chi connectivity index (χ1v) is 9.46. The number of ether oxygens (including phenoxy) is 1. The number of esters is 1. The quantitative estimate of drug-likeness (QED) is 0.732. The first kappa shape index (κ1) is 17.9. The zero-order chi connectivity index (χ0) is 18.7. The molecule has 2 aliphatic rings. The Morgan fingerprint density at radius 1 is 1.46 bits per heavy atom. The predicted octanol–water partition coefficient (Wildman–Crippen LogP) is 0.325. The van der Waals surface area contributed by atoms with Gasteiger partial charge in [0.05, 0.1) is 18.6 Å². The number of nitrogens with zero attached hydrogens (tertiary/aromatic N) is 2. The highest BCUT2D eigenvalue weighted by Crippen LogP contribution is 2.19. The number of carbonyl (C=O) groups excluding carboxylic acids is 2. The lowest BCUT2D eigenvalue weighted by Gasteiger charge is -2.28. The van der Waals surface area contributed by atoms with Gasteiger partial charge in [0.25, 0.3) is 15.9 Å². The number of carbonyl (C=O) groups is 2. The standard InChI is InChI=1S/C16H17N3O6S/c1-11(15(20)17-10-12-4-3-8-24-12)25-16(21)13-5-2-6-19-7-9-26(22,23)18-14(13)19/h2-6,8,11H,7,9-10H2,1H3,(H,17,20). The minimum atomic E-state index is -3.62. The molecule has 0 aliphatic carbocycles. The Balaban J connectivity index is 1.65. The molecule has 26 heavy (non-hydrogen) atoms. The Morgan fingerprint density at radius 2 is 2.27 bits per heavy atom. The van der Waals surface area contributed by atoms with Crippen LogP contribution in [0, 0.1) is 0 Å². The van der Waals surface area contributed by atoms with E-state index in [0.717, 1.165) is 0 Å². The zero-order valence-electron chi connectivity index (χ0n) is 13.9. The minimum absolute atomic E-state index is 0.00643. The third-order valence-corrected chi connectivity index (χ3v) is 4.90. The molecule has 138 valence electrons. The van der Waals surface area contributed by atoms with Gasteiger partial charge in [-0.15, -0.1) is 4.40 Å². The van der Waals surface area contributed by atoms with Crippen molar-refractivity contribution < 1.29 is 27.2 Å². The largest absolute Gasteiger partial charge is 0.467 e. The number of furan rings is 1. The number of hydrogen-bond donors (Lipinski definition) is 1. The van der Waals surface area contributed by atoms with Crippen molar-refractivity contribution in [1.29, 1.82) is 0 Å². The first-order valence-electron chi connectivity index (χ1n) is 7.85. The first-order chi connectivity index (χ1) is 12.4. The van der Waals surface area contributed by atoms with Crippen molar-refractivity contribution in [2.75, 3.05) is 12.3 Å². The van der Waals surface area contributed by atoms with Crippen LogP contribution in [0.5, 0.6) is 0 Å². The van der Waals surface area contributed by atoms with Crippen LogP contribution in [0.2, 0.25) is 0 Å². The van der Waals surface area contributed by atoms with Crippen LogP contribution in [0.25, 0.3) is 0 Å². The lowest BCUT2D eigenvalue weighted by Crippen LogP contribution is -2.41. The second kappa shape index (κ2) is 7.16. The number of amides is 1. The summed E-state index contributed by atoms with van der Waals surface area (Å²) in [4.78, 5) is 26.0. The fourth-order valence-corrected chi connectivity index (χ4v) is 3.37. The topological polar surface area (TPSA) is 118 Å². The fourth-order valence-electron chi connectivity index (χ4n) is 2.38. The Morgan fingerprint density at radius 3 is 3.00 bits per heavy atom. The molecule has 1 atom stereocenters. The van der Waals surface area contributed by atoms with E-state index in [9.17, 15) is 18.0 Å². The molecule has 1 unspecified atom stereocenters. The van der Waals surface area contributed by atoms with E-state index in [1.807, 2.05) is 0 Å². The van der Waals surface area contributed by atoms with Crippen LogP contribution in [0.4, 0.5) is 0 Å². The third kappa shape index (κ3) is 4.02. The van der Waals surface area contributed by atoms with E-state index in [4.69, 9.17) is 9.15 Å². The van der Waals surface area contributed by atoms with Gasteiger partial charge in [-0.2, -0.15) is 0 Å². The molecule has 3 rings (SSSR count). The molecule has 1 amide bonds. The summed E-state index contributed by atoms with van der Waals surface area (Å²) in [6.07, 6.45) is 5.04. The molecule has 1 aromatic rings. The summed E-state index contributed by atoms with van der Waals surface area (Å²) in [6.45, 7) is 1.78. The highest BCUT2D eigenvalue weighted by Gasteiger charge is 2.32. The summed E-state index contributed by atoms with van der Waals surface area (Å²) in [7, 11) is -3.62. The average Bonchev–Trinajstić information content (AvgIpc) is 3.11. The van der Waals surface area contributed by atoms with Crippen LogP contribution >= 0.6 is 0 Å². The number of fused-ring (bicyclic) bond motifs is 1. The third-order valence-electron chi connectivity index (χ3n) is 3.75. The summed E-state index contributed by atoms with van der Waals surface area (Å²) in [5, 5.41) is 2.58. The maximum atomic E-state index is 12.4. The van der Waals surface area contributed by atoms with Crippen molar-refractivity contribution in [1.82, 2.24) is 10.2 Å². The smallest absolute Gasteiger partial charge is 0.342 e. The lowest BCUT2D eigenvalue weighted by molar-refractivity contribution is -0.150. The van der Waals surface area contributed by atoms with Crippen molar-refractivity contribution >= 4 is 27.7 Å². The summed E-state index contributed by atoms with van der Waals surface area (Å²) in [5.41, 5.74) is -0.0125. The van der Waals surface area contributed by atoms with Gasteiger partial charge < -0.3 is 19.4 Å². The number of rotatable bonds is 5. The van der Waals surface area contributed by atoms with Crippen molar-refractivity contribution in [2.24, 2.45) is 4.40 Å². The lowest BCUT2D eigenvalue weighted by atomic mass is 10.1. The van der Waals surface area contributed by atoms with Gasteiger partial charge in [-0.3, -0.25) is 4.79 Å².